The molecule has 5 nitrogen and oxygen atoms in total. The molecule has 0 saturated carbocycles. The molecule has 1 saturated heterocycles. The van der Waals surface area contributed by atoms with Crippen molar-refractivity contribution in [1.82, 2.24) is 0 Å². The molecular formula is C24H28N4O. The van der Waals surface area contributed by atoms with Gasteiger partial charge in [0.15, 0.2) is 0 Å². The van der Waals surface area contributed by atoms with Gasteiger partial charge in [-0.05, 0) is 61.1 Å². The van der Waals surface area contributed by atoms with Crippen molar-refractivity contribution < 1.29 is 4.79 Å². The smallest absolute Gasteiger partial charge is 0.267 e. The number of amides is 1. The molecular weight excluding hydrogens is 360 g/mol. The zero-order chi connectivity index (χ0) is 20.6. The Balaban J connectivity index is 1.65. The molecule has 0 radical (unpaired) electrons. The summed E-state index contributed by atoms with van der Waals surface area (Å²) < 4.78 is 0. The van der Waals surface area contributed by atoms with Crippen LogP contribution in [0, 0.1) is 11.3 Å². The van der Waals surface area contributed by atoms with Gasteiger partial charge in [0.05, 0.1) is 0 Å². The predicted octanol–water partition coefficient (Wildman–Crippen LogP) is 5.26. The second-order valence-corrected chi connectivity index (χ2v) is 7.60. The summed E-state index contributed by atoms with van der Waals surface area (Å²) in [6.45, 7) is 6.34. The Morgan fingerprint density at radius 2 is 1.76 bits per heavy atom. The molecule has 1 heterocycles. The maximum Gasteiger partial charge on any atom is 0.267 e. The van der Waals surface area contributed by atoms with E-state index in [1.54, 1.807) is 0 Å². The summed E-state index contributed by atoms with van der Waals surface area (Å²) in [6, 6.07) is 17.7. The van der Waals surface area contributed by atoms with Crippen molar-refractivity contribution >= 4 is 23.0 Å². The summed E-state index contributed by atoms with van der Waals surface area (Å²) >= 11 is 0. The number of carbonyl (C=O) groups excluding carboxylic acids is 1. The van der Waals surface area contributed by atoms with Gasteiger partial charge in [0.25, 0.3) is 5.91 Å². The first-order valence-corrected chi connectivity index (χ1v) is 10.2. The number of nitriles is 1. The van der Waals surface area contributed by atoms with Crippen molar-refractivity contribution in [3.8, 4) is 6.07 Å². The summed E-state index contributed by atoms with van der Waals surface area (Å²) in [5.74, 6) is -0.143. The van der Waals surface area contributed by atoms with Gasteiger partial charge < -0.3 is 15.5 Å². The van der Waals surface area contributed by atoms with Gasteiger partial charge in [-0.2, -0.15) is 5.26 Å². The van der Waals surface area contributed by atoms with E-state index in [0.717, 1.165) is 30.0 Å². The van der Waals surface area contributed by atoms with Gasteiger partial charge in [-0.3, -0.25) is 4.79 Å². The summed E-state index contributed by atoms with van der Waals surface area (Å²) in [4.78, 5) is 14.9. The number of carbonyl (C=O) groups is 1. The van der Waals surface area contributed by atoms with Crippen LogP contribution in [0.4, 0.5) is 17.1 Å². The highest BCUT2D eigenvalue weighted by atomic mass is 16.1. The fourth-order valence-electron chi connectivity index (χ4n) is 3.53. The van der Waals surface area contributed by atoms with Crippen molar-refractivity contribution in [2.24, 2.45) is 0 Å². The fraction of sp³-hybridized carbons (Fsp3) is 0.333. The lowest BCUT2D eigenvalue weighted by atomic mass is 10.0. The third-order valence-corrected chi connectivity index (χ3v) is 5.17. The predicted molar refractivity (Wildman–Crippen MR) is 119 cm³/mol. The van der Waals surface area contributed by atoms with E-state index in [4.69, 9.17) is 0 Å². The Morgan fingerprint density at radius 3 is 2.41 bits per heavy atom. The maximum absolute atomic E-state index is 12.6. The number of piperidine rings is 1. The number of rotatable bonds is 6. The van der Waals surface area contributed by atoms with Crippen molar-refractivity contribution in [1.29, 1.82) is 5.26 Å². The van der Waals surface area contributed by atoms with E-state index in [-0.39, 0.29) is 11.5 Å². The summed E-state index contributed by atoms with van der Waals surface area (Å²) in [5, 5.41) is 15.3. The molecule has 3 rings (SSSR count). The lowest BCUT2D eigenvalue weighted by Crippen LogP contribution is -2.29. The molecule has 1 aliphatic heterocycles. The summed E-state index contributed by atoms with van der Waals surface area (Å²) in [7, 11) is 0. The third kappa shape index (κ3) is 5.39. The van der Waals surface area contributed by atoms with Crippen molar-refractivity contribution in [3.05, 3.63) is 65.9 Å². The van der Waals surface area contributed by atoms with Gasteiger partial charge in [-0.25, -0.2) is 0 Å². The van der Waals surface area contributed by atoms with Crippen LogP contribution in [0.15, 0.2) is 60.3 Å². The second kappa shape index (κ2) is 9.79. The normalized spacial score (nSPS) is 14.4. The largest absolute Gasteiger partial charge is 0.372 e. The number of hydrogen-bond acceptors (Lipinski definition) is 4. The average molecular weight is 389 g/mol. The molecule has 1 fully saturated rings. The van der Waals surface area contributed by atoms with E-state index >= 15 is 0 Å². The number of nitrogens with zero attached hydrogens (tertiary/aromatic N) is 2. The van der Waals surface area contributed by atoms with Crippen LogP contribution < -0.4 is 15.5 Å². The maximum atomic E-state index is 12.6. The van der Waals surface area contributed by atoms with Crippen LogP contribution >= 0.6 is 0 Å². The van der Waals surface area contributed by atoms with Crippen LogP contribution in [0.5, 0.6) is 0 Å². The van der Waals surface area contributed by atoms with Gasteiger partial charge in [0.2, 0.25) is 0 Å². The lowest BCUT2D eigenvalue weighted by molar-refractivity contribution is -0.112. The van der Waals surface area contributed by atoms with Gasteiger partial charge >= 0.3 is 0 Å². The Labute approximate surface area is 173 Å². The molecule has 0 aromatic heterocycles. The van der Waals surface area contributed by atoms with E-state index in [1.165, 1.54) is 31.1 Å². The quantitative estimate of drug-likeness (QED) is 0.523. The highest BCUT2D eigenvalue weighted by Gasteiger charge is 2.13. The fourth-order valence-corrected chi connectivity index (χ4v) is 3.53. The molecule has 0 bridgehead atoms. The zero-order valence-electron chi connectivity index (χ0n) is 17.1. The minimum absolute atomic E-state index is 0.0312. The standard InChI is InChI=1S/C24H28N4O/c1-18(2)22-8-4-5-9-23(22)27-24(29)19(16-25)17-26-20-10-12-21(13-11-20)28-14-6-3-7-15-28/h4-5,8-13,17-18,26H,3,6-7,14-15H2,1-2H3,(H,27,29)/b19-17-. The molecule has 29 heavy (non-hydrogen) atoms. The third-order valence-electron chi connectivity index (χ3n) is 5.17. The van der Waals surface area contributed by atoms with Gasteiger partial charge in [-0.15, -0.1) is 0 Å². The van der Waals surface area contributed by atoms with Crippen molar-refractivity contribution in [2.45, 2.75) is 39.0 Å². The molecule has 1 aliphatic rings. The zero-order valence-corrected chi connectivity index (χ0v) is 17.1. The Hall–Kier alpha value is -3.26. The minimum atomic E-state index is -0.418. The first kappa shape index (κ1) is 20.5. The monoisotopic (exact) mass is 388 g/mol. The molecule has 0 spiro atoms. The van der Waals surface area contributed by atoms with E-state index in [2.05, 4.69) is 41.5 Å². The first-order chi connectivity index (χ1) is 14.1. The number of nitrogens with one attached hydrogen (secondary N) is 2. The highest BCUT2D eigenvalue weighted by molar-refractivity contribution is 6.07. The number of anilines is 3. The molecule has 150 valence electrons. The summed E-state index contributed by atoms with van der Waals surface area (Å²) in [5.41, 5.74) is 3.86. The Bertz CT molecular complexity index is 903. The van der Waals surface area contributed by atoms with Crippen LogP contribution in [0.1, 0.15) is 44.6 Å². The molecule has 1 amide bonds. The molecule has 2 N–H and O–H groups in total. The minimum Gasteiger partial charge on any atom is -0.372 e. The number of hydrogen-bond donors (Lipinski definition) is 2. The molecule has 5 heteroatoms. The van der Waals surface area contributed by atoms with Crippen LogP contribution in [-0.2, 0) is 4.79 Å². The van der Waals surface area contributed by atoms with E-state index < -0.39 is 5.91 Å². The Morgan fingerprint density at radius 1 is 1.07 bits per heavy atom. The van der Waals surface area contributed by atoms with Gasteiger partial charge in [0.1, 0.15) is 11.6 Å². The number of benzene rings is 2. The SMILES string of the molecule is CC(C)c1ccccc1NC(=O)/C(C#N)=C\Nc1ccc(N2CCCCC2)cc1. The van der Waals surface area contributed by atoms with E-state index in [1.807, 2.05) is 42.5 Å². The van der Waals surface area contributed by atoms with Crippen LogP contribution in [0.3, 0.4) is 0 Å². The molecule has 0 unspecified atom stereocenters. The molecule has 2 aromatic carbocycles. The number of para-hydroxylation sites is 1. The van der Waals surface area contributed by atoms with Crippen LogP contribution in [0.25, 0.3) is 0 Å². The molecule has 0 aliphatic carbocycles. The Kier molecular flexibility index (Phi) is 6.91. The summed E-state index contributed by atoms with van der Waals surface area (Å²) in [6.07, 6.45) is 5.25. The topological polar surface area (TPSA) is 68.2 Å². The van der Waals surface area contributed by atoms with E-state index in [0.29, 0.717) is 0 Å². The van der Waals surface area contributed by atoms with E-state index in [9.17, 15) is 10.1 Å². The second-order valence-electron chi connectivity index (χ2n) is 7.60. The molecule has 2 aromatic rings. The van der Waals surface area contributed by atoms with Gasteiger partial charge in [-0.1, -0.05) is 32.0 Å². The first-order valence-electron chi connectivity index (χ1n) is 10.2. The van der Waals surface area contributed by atoms with Crippen LogP contribution in [-0.4, -0.2) is 19.0 Å². The lowest BCUT2D eigenvalue weighted by Gasteiger charge is -2.28. The van der Waals surface area contributed by atoms with Crippen molar-refractivity contribution in [2.75, 3.05) is 28.6 Å². The molecule has 0 atom stereocenters. The highest BCUT2D eigenvalue weighted by Crippen LogP contribution is 2.24. The van der Waals surface area contributed by atoms with Crippen LogP contribution in [0.2, 0.25) is 0 Å². The average Bonchev–Trinajstić information content (AvgIpc) is 2.75. The van der Waals surface area contributed by atoms with Gasteiger partial charge in [0, 0.05) is 36.4 Å². The van der Waals surface area contributed by atoms with Crippen molar-refractivity contribution in [3.63, 3.8) is 0 Å².